The first kappa shape index (κ1) is 26.8. The molecule has 0 fully saturated rings. The first-order chi connectivity index (χ1) is 16.1. The number of para-hydroxylation sites is 1. The van der Waals surface area contributed by atoms with Crippen molar-refractivity contribution in [2.45, 2.75) is 32.7 Å². The fourth-order valence-corrected chi connectivity index (χ4v) is 4.23. The van der Waals surface area contributed by atoms with Crippen molar-refractivity contribution in [3.8, 4) is 0 Å². The van der Waals surface area contributed by atoms with Gasteiger partial charge in [0.15, 0.2) is 6.04 Å². The van der Waals surface area contributed by atoms with E-state index in [0.29, 0.717) is 12.0 Å². The monoisotopic (exact) mass is 490 g/mol. The van der Waals surface area contributed by atoms with Crippen molar-refractivity contribution >= 4 is 33.4 Å². The smallest absolute Gasteiger partial charge is 0.270 e. The number of anilines is 1. The highest BCUT2D eigenvalue weighted by Gasteiger charge is 2.39. The van der Waals surface area contributed by atoms with Gasteiger partial charge in [-0.15, -0.1) is 0 Å². The van der Waals surface area contributed by atoms with E-state index in [9.17, 15) is 28.0 Å². The number of carbonyl (C=O) groups is 3. The first-order valence-corrected chi connectivity index (χ1v) is 12.6. The summed E-state index contributed by atoms with van der Waals surface area (Å²) in [5.41, 5.74) is 1.91. The molecule has 2 aromatic carbocycles. The Balaban J connectivity index is 2.51. The molecular weight excluding hydrogens is 460 g/mol. The molecule has 11 heteroatoms. The molecule has 0 aliphatic carbocycles. The summed E-state index contributed by atoms with van der Waals surface area (Å²) in [6.45, 7) is 3.36. The zero-order valence-electron chi connectivity index (χ0n) is 19.3. The van der Waals surface area contributed by atoms with E-state index >= 15 is 0 Å². The molecule has 10 nitrogen and oxygen atoms in total. The van der Waals surface area contributed by atoms with Crippen LogP contribution in [0.3, 0.4) is 0 Å². The molecule has 0 radical (unpaired) electrons. The lowest BCUT2D eigenvalue weighted by molar-refractivity contribution is -0.144. The van der Waals surface area contributed by atoms with Crippen LogP contribution in [-0.4, -0.2) is 55.2 Å². The molecule has 34 heavy (non-hydrogen) atoms. The Morgan fingerprint density at radius 2 is 1.53 bits per heavy atom. The number of benzene rings is 2. The van der Waals surface area contributed by atoms with Gasteiger partial charge in [0, 0.05) is 18.5 Å². The number of hydrazine groups is 1. The maximum Gasteiger partial charge on any atom is 0.270 e. The number of carbonyl (C=O) groups excluding carboxylic acids is 3. The Morgan fingerprint density at radius 3 is 2.03 bits per heavy atom. The first-order valence-electron chi connectivity index (χ1n) is 10.7. The van der Waals surface area contributed by atoms with Gasteiger partial charge in [-0.1, -0.05) is 50.2 Å². The minimum Gasteiger partial charge on any atom is -0.349 e. The summed E-state index contributed by atoms with van der Waals surface area (Å²) in [6.07, 6.45) is 1.28. The Hall–Kier alpha value is -3.44. The number of hydroxylamine groups is 1. The van der Waals surface area contributed by atoms with Crippen LogP contribution in [0, 0.1) is 5.92 Å². The third-order valence-corrected chi connectivity index (χ3v) is 5.89. The summed E-state index contributed by atoms with van der Waals surface area (Å²) in [5.74, 6) is -2.12. The molecule has 3 N–H and O–H groups in total. The maximum atomic E-state index is 13.3. The summed E-state index contributed by atoms with van der Waals surface area (Å²) in [6, 6.07) is 14.4. The number of hydrogen-bond donors (Lipinski definition) is 3. The van der Waals surface area contributed by atoms with Crippen LogP contribution in [0.25, 0.3) is 0 Å². The Kier molecular flexibility index (Phi) is 9.58. The van der Waals surface area contributed by atoms with E-state index in [1.807, 2.05) is 13.8 Å². The lowest BCUT2D eigenvalue weighted by atomic mass is 10.1. The molecule has 0 heterocycles. The van der Waals surface area contributed by atoms with E-state index in [1.165, 1.54) is 17.6 Å². The normalized spacial score (nSPS) is 12.0. The SMILES string of the molecule is CC(C)CCC(=O)N([C@H](CNC(=O)c1ccccc1)C(=O)NO)N(c1ccccc1)S(C)(=O)=O. The molecule has 0 spiro atoms. The minimum atomic E-state index is -4.11. The minimum absolute atomic E-state index is 0.0572. The predicted molar refractivity (Wildman–Crippen MR) is 127 cm³/mol. The van der Waals surface area contributed by atoms with Gasteiger partial charge in [0.2, 0.25) is 15.9 Å². The van der Waals surface area contributed by atoms with Crippen molar-refractivity contribution in [3.63, 3.8) is 0 Å². The molecule has 1 atom stereocenters. The molecule has 0 saturated carbocycles. The molecule has 0 aromatic heterocycles. The number of hydrogen-bond acceptors (Lipinski definition) is 6. The van der Waals surface area contributed by atoms with Gasteiger partial charge in [-0.3, -0.25) is 19.6 Å². The number of sulfonamides is 1. The second-order valence-electron chi connectivity index (χ2n) is 8.08. The van der Waals surface area contributed by atoms with Gasteiger partial charge in [0.05, 0.1) is 11.9 Å². The molecule has 0 bridgehead atoms. The van der Waals surface area contributed by atoms with Crippen molar-refractivity contribution in [3.05, 3.63) is 66.2 Å². The van der Waals surface area contributed by atoms with Crippen molar-refractivity contribution in [2.75, 3.05) is 17.2 Å². The van der Waals surface area contributed by atoms with Gasteiger partial charge >= 0.3 is 0 Å². The summed E-state index contributed by atoms with van der Waals surface area (Å²) in [4.78, 5) is 38.6. The zero-order chi connectivity index (χ0) is 25.3. The van der Waals surface area contributed by atoms with Gasteiger partial charge in [0.1, 0.15) is 0 Å². The summed E-state index contributed by atoms with van der Waals surface area (Å²) in [7, 11) is -4.11. The van der Waals surface area contributed by atoms with Crippen LogP contribution < -0.4 is 15.2 Å². The lowest BCUT2D eigenvalue weighted by Gasteiger charge is -2.39. The van der Waals surface area contributed by atoms with Crippen LogP contribution >= 0.6 is 0 Å². The Labute approximate surface area is 199 Å². The average Bonchev–Trinajstić information content (AvgIpc) is 2.81. The standard InChI is InChI=1S/C23H30N4O6S/c1-17(2)14-15-21(28)26(27(34(3,32)33)19-12-8-5-9-13-19)20(23(30)25-31)16-24-22(29)18-10-6-4-7-11-18/h4-13,17,20,31H,14-16H2,1-3H3,(H,24,29)(H,25,30)/t20-/m1/s1. The molecule has 2 rings (SSSR count). The van der Waals surface area contributed by atoms with Gasteiger partial charge < -0.3 is 5.32 Å². The summed E-state index contributed by atoms with van der Waals surface area (Å²) in [5, 5.41) is 12.7. The second kappa shape index (κ2) is 12.1. The maximum absolute atomic E-state index is 13.3. The van der Waals surface area contributed by atoms with E-state index in [2.05, 4.69) is 5.32 Å². The number of amides is 3. The quantitative estimate of drug-likeness (QED) is 0.325. The van der Waals surface area contributed by atoms with Gasteiger partial charge in [-0.2, -0.15) is 4.41 Å². The van der Waals surface area contributed by atoms with Gasteiger partial charge in [0.25, 0.3) is 11.8 Å². The van der Waals surface area contributed by atoms with Gasteiger partial charge in [-0.05, 0) is 36.6 Å². The van der Waals surface area contributed by atoms with Crippen LogP contribution in [0.4, 0.5) is 5.69 Å². The van der Waals surface area contributed by atoms with Crippen LogP contribution in [0.5, 0.6) is 0 Å². The van der Waals surface area contributed by atoms with E-state index in [1.54, 1.807) is 48.5 Å². The Bertz CT molecular complexity index is 1080. The van der Waals surface area contributed by atoms with Crippen LogP contribution in [0.15, 0.2) is 60.7 Å². The van der Waals surface area contributed by atoms with Crippen LogP contribution in [-0.2, 0) is 19.6 Å². The Morgan fingerprint density at radius 1 is 0.971 bits per heavy atom. The van der Waals surface area contributed by atoms with Crippen molar-refractivity contribution in [1.82, 2.24) is 15.8 Å². The zero-order valence-corrected chi connectivity index (χ0v) is 20.2. The molecule has 3 amide bonds. The van der Waals surface area contributed by atoms with E-state index in [4.69, 9.17) is 0 Å². The molecule has 0 aliphatic rings. The van der Waals surface area contributed by atoms with Crippen molar-refractivity contribution in [2.24, 2.45) is 5.92 Å². The summed E-state index contributed by atoms with van der Waals surface area (Å²) < 4.78 is 26.4. The van der Waals surface area contributed by atoms with E-state index in [-0.39, 0.29) is 18.0 Å². The van der Waals surface area contributed by atoms with Crippen molar-refractivity contribution < 1.29 is 28.0 Å². The average molecular weight is 491 g/mol. The van der Waals surface area contributed by atoms with Crippen LogP contribution in [0.2, 0.25) is 0 Å². The van der Waals surface area contributed by atoms with Crippen molar-refractivity contribution in [1.29, 1.82) is 0 Å². The fraction of sp³-hybridized carbons (Fsp3) is 0.348. The molecule has 0 saturated heterocycles. The van der Waals surface area contributed by atoms with Crippen LogP contribution in [0.1, 0.15) is 37.0 Å². The molecule has 184 valence electrons. The fourth-order valence-electron chi connectivity index (χ4n) is 3.21. The third kappa shape index (κ3) is 7.29. The molecule has 0 unspecified atom stereocenters. The molecular formula is C23H30N4O6S. The van der Waals surface area contributed by atoms with E-state index in [0.717, 1.165) is 15.7 Å². The topological polar surface area (TPSA) is 136 Å². The number of nitrogens with zero attached hydrogens (tertiary/aromatic N) is 2. The van der Waals surface area contributed by atoms with E-state index < -0.39 is 40.3 Å². The predicted octanol–water partition coefficient (Wildman–Crippen LogP) is 1.94. The number of rotatable bonds is 11. The summed E-state index contributed by atoms with van der Waals surface area (Å²) >= 11 is 0. The molecule has 2 aromatic rings. The second-order valence-corrected chi connectivity index (χ2v) is 9.89. The highest BCUT2D eigenvalue weighted by atomic mass is 32.2. The van der Waals surface area contributed by atoms with Gasteiger partial charge in [-0.25, -0.2) is 18.9 Å². The molecule has 0 aliphatic heterocycles. The lowest BCUT2D eigenvalue weighted by Crippen LogP contribution is -2.62. The highest BCUT2D eigenvalue weighted by molar-refractivity contribution is 7.92. The highest BCUT2D eigenvalue weighted by Crippen LogP contribution is 2.23. The number of nitrogens with one attached hydrogen (secondary N) is 2. The third-order valence-electron chi connectivity index (χ3n) is 4.88. The largest absolute Gasteiger partial charge is 0.349 e.